The molecule has 2 aliphatic rings. The molecule has 0 N–H and O–H groups in total. The second-order valence-electron chi connectivity index (χ2n) is 12.5. The van der Waals surface area contributed by atoms with Crippen molar-refractivity contribution < 1.29 is 23.8 Å². The Hall–Kier alpha value is -1.10. The monoisotopic (exact) mass is 536 g/mol. The Balaban J connectivity index is 1.40. The Bertz CT molecular complexity index is 619. The van der Waals surface area contributed by atoms with Gasteiger partial charge in [0, 0.05) is 6.61 Å². The van der Waals surface area contributed by atoms with Crippen LogP contribution in [0, 0.1) is 29.6 Å². The molecule has 2 rings (SSSR count). The van der Waals surface area contributed by atoms with Crippen molar-refractivity contribution in [3.8, 4) is 0 Å². The molecule has 0 spiro atoms. The molecule has 0 aromatic heterocycles. The minimum atomic E-state index is -0.0436. The van der Waals surface area contributed by atoms with Crippen LogP contribution in [0.3, 0.4) is 0 Å². The Morgan fingerprint density at radius 1 is 0.658 bits per heavy atom. The van der Waals surface area contributed by atoms with Gasteiger partial charge in [0.15, 0.2) is 0 Å². The minimum absolute atomic E-state index is 0.0307. The number of carbonyl (C=O) groups is 2. The summed E-state index contributed by atoms with van der Waals surface area (Å²) in [6, 6.07) is 0. The quantitative estimate of drug-likeness (QED) is 0.122. The van der Waals surface area contributed by atoms with Crippen LogP contribution in [0.5, 0.6) is 0 Å². The number of carbonyl (C=O) groups excluding carboxylic acids is 2. The maximum Gasteiger partial charge on any atom is 0.308 e. The third-order valence-electron chi connectivity index (χ3n) is 9.35. The van der Waals surface area contributed by atoms with Gasteiger partial charge in [-0.2, -0.15) is 0 Å². The smallest absolute Gasteiger partial charge is 0.308 e. The lowest BCUT2D eigenvalue weighted by molar-refractivity contribution is -0.151. The van der Waals surface area contributed by atoms with E-state index in [0.29, 0.717) is 25.2 Å². The third-order valence-corrected chi connectivity index (χ3v) is 9.35. The van der Waals surface area contributed by atoms with E-state index in [4.69, 9.17) is 14.2 Å². The molecule has 2 aliphatic carbocycles. The molecule has 38 heavy (non-hydrogen) atoms. The van der Waals surface area contributed by atoms with E-state index < -0.39 is 0 Å². The summed E-state index contributed by atoms with van der Waals surface area (Å²) < 4.78 is 17.1. The molecule has 0 bridgehead atoms. The maximum atomic E-state index is 12.4. The molecule has 5 nitrogen and oxygen atoms in total. The Labute approximate surface area is 234 Å². The number of rotatable bonds is 19. The predicted octanol–water partition coefficient (Wildman–Crippen LogP) is 8.67. The number of hydrogen-bond donors (Lipinski definition) is 0. The molecule has 2 unspecified atom stereocenters. The van der Waals surface area contributed by atoms with E-state index in [-0.39, 0.29) is 23.8 Å². The Morgan fingerprint density at radius 2 is 1.18 bits per heavy atom. The van der Waals surface area contributed by atoms with E-state index in [1.54, 1.807) is 0 Å². The zero-order valence-corrected chi connectivity index (χ0v) is 25.4. The maximum absolute atomic E-state index is 12.4. The summed E-state index contributed by atoms with van der Waals surface area (Å²) in [6.07, 6.45) is 21.6. The van der Waals surface area contributed by atoms with Crippen molar-refractivity contribution in [3.05, 3.63) is 0 Å². The van der Waals surface area contributed by atoms with Crippen LogP contribution in [0.2, 0.25) is 0 Å². The summed E-state index contributed by atoms with van der Waals surface area (Å²) in [5.41, 5.74) is 0. The highest BCUT2D eigenvalue weighted by Gasteiger charge is 2.33. The van der Waals surface area contributed by atoms with Crippen molar-refractivity contribution in [1.29, 1.82) is 0 Å². The normalized spacial score (nSPS) is 25.5. The van der Waals surface area contributed by atoms with Gasteiger partial charge in [0.05, 0.1) is 31.2 Å². The van der Waals surface area contributed by atoms with Gasteiger partial charge in [-0.15, -0.1) is 0 Å². The first-order chi connectivity index (χ1) is 18.4. The van der Waals surface area contributed by atoms with Gasteiger partial charge >= 0.3 is 11.9 Å². The third kappa shape index (κ3) is 13.3. The lowest BCUT2D eigenvalue weighted by atomic mass is 9.70. The number of unbranched alkanes of at least 4 members (excludes halogenated alkanes) is 7. The first-order valence-corrected chi connectivity index (χ1v) is 16.4. The van der Waals surface area contributed by atoms with Crippen LogP contribution >= 0.6 is 0 Å². The van der Waals surface area contributed by atoms with E-state index in [1.165, 1.54) is 77.0 Å². The Morgan fingerprint density at radius 3 is 1.74 bits per heavy atom. The average molecular weight is 537 g/mol. The molecule has 0 aliphatic heterocycles. The van der Waals surface area contributed by atoms with Crippen LogP contribution in [-0.2, 0) is 23.8 Å². The van der Waals surface area contributed by atoms with Crippen LogP contribution in [0.4, 0.5) is 0 Å². The summed E-state index contributed by atoms with van der Waals surface area (Å²) in [5.74, 6) is 2.28. The molecule has 0 heterocycles. The molecular formula is C33H60O5. The van der Waals surface area contributed by atoms with Gasteiger partial charge in [-0.25, -0.2) is 0 Å². The fraction of sp³-hybridized carbons (Fsp3) is 0.939. The van der Waals surface area contributed by atoms with Crippen molar-refractivity contribution >= 4 is 11.9 Å². The second kappa shape index (κ2) is 19.9. The molecule has 2 atom stereocenters. The lowest BCUT2D eigenvalue weighted by Gasteiger charge is -2.37. The molecule has 0 saturated heterocycles. The van der Waals surface area contributed by atoms with Crippen LogP contribution in [-0.4, -0.2) is 37.9 Å². The molecular weight excluding hydrogens is 476 g/mol. The fourth-order valence-electron chi connectivity index (χ4n) is 6.01. The first-order valence-electron chi connectivity index (χ1n) is 16.4. The highest BCUT2D eigenvalue weighted by Crippen LogP contribution is 2.40. The summed E-state index contributed by atoms with van der Waals surface area (Å²) >= 11 is 0. The van der Waals surface area contributed by atoms with Gasteiger partial charge in [-0.05, 0) is 88.4 Å². The molecule has 0 radical (unpaired) electrons. The van der Waals surface area contributed by atoms with Crippen molar-refractivity contribution in [2.45, 2.75) is 149 Å². The number of hydrogen-bond acceptors (Lipinski definition) is 5. The zero-order valence-electron chi connectivity index (χ0n) is 25.4. The van der Waals surface area contributed by atoms with E-state index in [0.717, 1.165) is 57.0 Å². The van der Waals surface area contributed by atoms with Crippen molar-refractivity contribution in [2.24, 2.45) is 29.6 Å². The molecule has 2 saturated carbocycles. The predicted molar refractivity (Wildman–Crippen MR) is 155 cm³/mol. The molecule has 5 heteroatoms. The molecule has 0 amide bonds. The van der Waals surface area contributed by atoms with Gasteiger partial charge in [-0.3, -0.25) is 9.59 Å². The van der Waals surface area contributed by atoms with Gasteiger partial charge < -0.3 is 14.2 Å². The average Bonchev–Trinajstić information content (AvgIpc) is 2.96. The van der Waals surface area contributed by atoms with Gasteiger partial charge in [0.1, 0.15) is 0 Å². The van der Waals surface area contributed by atoms with E-state index >= 15 is 0 Å². The SMILES string of the molecule is CCC(C)COC(=O)C1CCC(C2CCC(OCCCCCCCCCCOC(=O)C(C)CC)CC2)CC1. The van der Waals surface area contributed by atoms with Crippen molar-refractivity contribution in [3.63, 3.8) is 0 Å². The number of ether oxygens (including phenoxy) is 3. The van der Waals surface area contributed by atoms with Crippen LogP contribution < -0.4 is 0 Å². The largest absolute Gasteiger partial charge is 0.465 e. The minimum Gasteiger partial charge on any atom is -0.465 e. The molecule has 2 fully saturated rings. The molecule has 222 valence electrons. The van der Waals surface area contributed by atoms with Crippen LogP contribution in [0.15, 0.2) is 0 Å². The van der Waals surface area contributed by atoms with E-state index in [9.17, 15) is 9.59 Å². The first kappa shape index (κ1) is 33.1. The van der Waals surface area contributed by atoms with E-state index in [2.05, 4.69) is 13.8 Å². The lowest BCUT2D eigenvalue weighted by Crippen LogP contribution is -2.31. The zero-order chi connectivity index (χ0) is 27.6. The van der Waals surface area contributed by atoms with Crippen LogP contribution in [0.25, 0.3) is 0 Å². The highest BCUT2D eigenvalue weighted by molar-refractivity contribution is 5.72. The van der Waals surface area contributed by atoms with Gasteiger partial charge in [0.2, 0.25) is 0 Å². The molecule has 0 aromatic carbocycles. The van der Waals surface area contributed by atoms with E-state index in [1.807, 2.05) is 13.8 Å². The second-order valence-corrected chi connectivity index (χ2v) is 12.5. The summed E-state index contributed by atoms with van der Waals surface area (Å²) in [7, 11) is 0. The topological polar surface area (TPSA) is 61.8 Å². The fourth-order valence-corrected chi connectivity index (χ4v) is 6.01. The van der Waals surface area contributed by atoms with Gasteiger partial charge in [-0.1, -0.05) is 72.6 Å². The number of esters is 2. The Kier molecular flexibility index (Phi) is 17.3. The van der Waals surface area contributed by atoms with Crippen LogP contribution in [0.1, 0.15) is 143 Å². The summed E-state index contributed by atoms with van der Waals surface area (Å²) in [6.45, 7) is 10.3. The van der Waals surface area contributed by atoms with Gasteiger partial charge in [0.25, 0.3) is 0 Å². The van der Waals surface area contributed by atoms with Crippen molar-refractivity contribution in [1.82, 2.24) is 0 Å². The standard InChI is InChI=1S/C33H60O5/c1-5-26(3)25-38-33(35)30-17-15-28(16-18-30)29-19-21-31(22-20-29)36-23-13-11-9-7-8-10-12-14-24-37-32(34)27(4)6-2/h26-31H,5-25H2,1-4H3. The molecule has 0 aromatic rings. The highest BCUT2D eigenvalue weighted by atomic mass is 16.5. The summed E-state index contributed by atoms with van der Waals surface area (Å²) in [5, 5.41) is 0. The summed E-state index contributed by atoms with van der Waals surface area (Å²) in [4.78, 5) is 24.0. The van der Waals surface area contributed by atoms with Crippen molar-refractivity contribution in [2.75, 3.05) is 19.8 Å².